The Morgan fingerprint density at radius 3 is 1.53 bits per heavy atom. The standard InChI is InChI=1S/C14H30ClN.ClH/c1-3-5-6-7-8-9-10-11-12-13-14-16(15)4-2;/h3-14H2,1-2H3;1H. The molecule has 0 bridgehead atoms. The van der Waals surface area contributed by atoms with Crippen molar-refractivity contribution in [2.24, 2.45) is 0 Å². The van der Waals surface area contributed by atoms with Gasteiger partial charge in [-0.2, -0.15) is 0 Å². The van der Waals surface area contributed by atoms with Crippen molar-refractivity contribution >= 4 is 24.2 Å². The molecule has 0 radical (unpaired) electrons. The maximum absolute atomic E-state index is 5.91. The highest BCUT2D eigenvalue weighted by atomic mass is 35.5. The number of unbranched alkanes of at least 4 members (excludes halogenated alkanes) is 9. The largest absolute Gasteiger partial charge is 0.220 e. The summed E-state index contributed by atoms with van der Waals surface area (Å²) in [5, 5.41) is 0. The highest BCUT2D eigenvalue weighted by molar-refractivity contribution is 6.13. The first-order chi connectivity index (χ1) is 7.81. The topological polar surface area (TPSA) is 3.24 Å². The summed E-state index contributed by atoms with van der Waals surface area (Å²) in [7, 11) is 0. The fourth-order valence-electron chi connectivity index (χ4n) is 1.93. The van der Waals surface area contributed by atoms with Crippen molar-refractivity contribution in [1.82, 2.24) is 4.42 Å². The Hall–Kier alpha value is 0.540. The first-order valence-electron chi connectivity index (χ1n) is 7.22. The monoisotopic (exact) mass is 283 g/mol. The summed E-state index contributed by atoms with van der Waals surface area (Å²) in [6, 6.07) is 0. The van der Waals surface area contributed by atoms with Crippen LogP contribution in [0.15, 0.2) is 0 Å². The van der Waals surface area contributed by atoms with E-state index in [-0.39, 0.29) is 12.4 Å². The molecule has 0 amide bonds. The third-order valence-corrected chi connectivity index (χ3v) is 3.51. The van der Waals surface area contributed by atoms with E-state index in [1.54, 1.807) is 0 Å². The van der Waals surface area contributed by atoms with Gasteiger partial charge in [-0.1, -0.05) is 71.6 Å². The quantitative estimate of drug-likeness (QED) is 0.323. The van der Waals surface area contributed by atoms with Crippen LogP contribution < -0.4 is 0 Å². The molecule has 0 saturated heterocycles. The zero-order chi connectivity index (χ0) is 12.1. The van der Waals surface area contributed by atoms with Crippen LogP contribution >= 0.6 is 24.2 Å². The van der Waals surface area contributed by atoms with E-state index in [9.17, 15) is 0 Å². The van der Waals surface area contributed by atoms with Crippen LogP contribution in [-0.2, 0) is 0 Å². The molecule has 0 atom stereocenters. The summed E-state index contributed by atoms with van der Waals surface area (Å²) >= 11 is 5.91. The molecule has 106 valence electrons. The average molecular weight is 284 g/mol. The van der Waals surface area contributed by atoms with Crippen LogP contribution in [0.5, 0.6) is 0 Å². The van der Waals surface area contributed by atoms with Gasteiger partial charge >= 0.3 is 0 Å². The number of halogens is 2. The van der Waals surface area contributed by atoms with E-state index in [0.29, 0.717) is 0 Å². The van der Waals surface area contributed by atoms with Crippen LogP contribution in [0.4, 0.5) is 0 Å². The first-order valence-corrected chi connectivity index (χ1v) is 7.55. The molecular formula is C14H31Cl2N. The zero-order valence-corrected chi connectivity index (χ0v) is 13.3. The molecule has 0 spiro atoms. The molecular weight excluding hydrogens is 253 g/mol. The van der Waals surface area contributed by atoms with Gasteiger partial charge in [0, 0.05) is 13.1 Å². The molecule has 0 aromatic carbocycles. The van der Waals surface area contributed by atoms with Gasteiger partial charge in [0.2, 0.25) is 0 Å². The summed E-state index contributed by atoms with van der Waals surface area (Å²) in [6.45, 7) is 6.38. The lowest BCUT2D eigenvalue weighted by molar-refractivity contribution is 0.447. The zero-order valence-electron chi connectivity index (χ0n) is 11.7. The predicted octanol–water partition coefficient (Wildman–Crippen LogP) is 5.80. The third kappa shape index (κ3) is 16.5. The molecule has 0 heterocycles. The predicted molar refractivity (Wildman–Crippen MR) is 82.2 cm³/mol. The second-order valence-corrected chi connectivity index (χ2v) is 5.16. The van der Waals surface area contributed by atoms with E-state index in [0.717, 1.165) is 13.1 Å². The second kappa shape index (κ2) is 16.5. The minimum absolute atomic E-state index is 0. The summed E-state index contributed by atoms with van der Waals surface area (Å²) in [4.78, 5) is 0. The smallest absolute Gasteiger partial charge is 0.0138 e. The summed E-state index contributed by atoms with van der Waals surface area (Å²) in [5.41, 5.74) is 0. The van der Waals surface area contributed by atoms with Crippen LogP contribution in [0.3, 0.4) is 0 Å². The summed E-state index contributed by atoms with van der Waals surface area (Å²) < 4.78 is 1.88. The fraction of sp³-hybridized carbons (Fsp3) is 1.00. The lowest BCUT2D eigenvalue weighted by Crippen LogP contribution is -2.12. The second-order valence-electron chi connectivity index (χ2n) is 4.68. The molecule has 3 heteroatoms. The Kier molecular flexibility index (Phi) is 19.3. The van der Waals surface area contributed by atoms with Gasteiger partial charge < -0.3 is 0 Å². The maximum Gasteiger partial charge on any atom is 0.0138 e. The third-order valence-electron chi connectivity index (χ3n) is 3.10. The van der Waals surface area contributed by atoms with Crippen molar-refractivity contribution < 1.29 is 0 Å². The van der Waals surface area contributed by atoms with Gasteiger partial charge in [-0.3, -0.25) is 0 Å². The minimum Gasteiger partial charge on any atom is -0.220 e. The summed E-state index contributed by atoms with van der Waals surface area (Å²) in [6.07, 6.45) is 13.9. The number of hydrogen-bond acceptors (Lipinski definition) is 1. The van der Waals surface area contributed by atoms with Crippen LogP contribution in [0.2, 0.25) is 0 Å². The molecule has 1 nitrogen and oxygen atoms in total. The van der Waals surface area contributed by atoms with Crippen molar-refractivity contribution in [2.45, 2.75) is 78.1 Å². The fourth-order valence-corrected chi connectivity index (χ4v) is 2.05. The molecule has 0 aromatic heterocycles. The van der Waals surface area contributed by atoms with Crippen molar-refractivity contribution in [3.8, 4) is 0 Å². The molecule has 0 N–H and O–H groups in total. The SMILES string of the molecule is CCCCCCCCCCCCN(Cl)CC.Cl. The molecule has 0 rings (SSSR count). The lowest BCUT2D eigenvalue weighted by atomic mass is 10.1. The Bertz CT molecular complexity index is 131. The highest BCUT2D eigenvalue weighted by Gasteiger charge is 1.96. The molecule has 0 aliphatic rings. The van der Waals surface area contributed by atoms with Crippen molar-refractivity contribution in [3.63, 3.8) is 0 Å². The Morgan fingerprint density at radius 1 is 0.706 bits per heavy atom. The van der Waals surface area contributed by atoms with E-state index in [2.05, 4.69) is 13.8 Å². The van der Waals surface area contributed by atoms with Gasteiger partial charge in [0.1, 0.15) is 0 Å². The van der Waals surface area contributed by atoms with E-state index in [4.69, 9.17) is 11.8 Å². The van der Waals surface area contributed by atoms with Crippen molar-refractivity contribution in [2.75, 3.05) is 13.1 Å². The normalized spacial score (nSPS) is 10.6. The average Bonchev–Trinajstić information content (AvgIpc) is 2.31. The minimum atomic E-state index is 0. The van der Waals surface area contributed by atoms with Gasteiger partial charge in [0.15, 0.2) is 0 Å². The molecule has 0 aliphatic heterocycles. The van der Waals surface area contributed by atoms with Crippen molar-refractivity contribution in [1.29, 1.82) is 0 Å². The molecule has 0 aromatic rings. The Labute approximate surface area is 120 Å². The van der Waals surface area contributed by atoms with Gasteiger partial charge in [-0.05, 0) is 18.2 Å². The lowest BCUT2D eigenvalue weighted by Gasteiger charge is -2.09. The Balaban J connectivity index is 0. The molecule has 0 saturated carbocycles. The number of hydrogen-bond donors (Lipinski definition) is 0. The van der Waals surface area contributed by atoms with Crippen LogP contribution in [0.1, 0.15) is 78.1 Å². The first kappa shape index (κ1) is 19.9. The highest BCUT2D eigenvalue weighted by Crippen LogP contribution is 2.10. The molecule has 0 unspecified atom stereocenters. The molecule has 17 heavy (non-hydrogen) atoms. The molecule has 0 aliphatic carbocycles. The van der Waals surface area contributed by atoms with Crippen LogP contribution in [0, 0.1) is 0 Å². The van der Waals surface area contributed by atoms with E-state index in [1.807, 2.05) is 4.42 Å². The van der Waals surface area contributed by atoms with Crippen LogP contribution in [0.25, 0.3) is 0 Å². The van der Waals surface area contributed by atoms with E-state index < -0.39 is 0 Å². The van der Waals surface area contributed by atoms with Gasteiger partial charge in [0.05, 0.1) is 0 Å². The van der Waals surface area contributed by atoms with E-state index in [1.165, 1.54) is 64.2 Å². The van der Waals surface area contributed by atoms with Gasteiger partial charge in [-0.15, -0.1) is 12.4 Å². The number of rotatable bonds is 12. The van der Waals surface area contributed by atoms with E-state index >= 15 is 0 Å². The van der Waals surface area contributed by atoms with Crippen molar-refractivity contribution in [3.05, 3.63) is 0 Å². The Morgan fingerprint density at radius 2 is 1.12 bits per heavy atom. The maximum atomic E-state index is 5.91. The summed E-state index contributed by atoms with van der Waals surface area (Å²) in [5.74, 6) is 0. The molecule has 0 fully saturated rings. The number of nitrogens with zero attached hydrogens (tertiary/aromatic N) is 1. The van der Waals surface area contributed by atoms with Gasteiger partial charge in [0.25, 0.3) is 0 Å². The van der Waals surface area contributed by atoms with Gasteiger partial charge in [-0.25, -0.2) is 4.42 Å². The van der Waals surface area contributed by atoms with Crippen LogP contribution in [-0.4, -0.2) is 17.5 Å².